The number of nitrogens with one attached hydrogen (secondary N) is 1. The van der Waals surface area contributed by atoms with Crippen molar-refractivity contribution < 1.29 is 4.74 Å². The maximum atomic E-state index is 5.47. The van der Waals surface area contributed by atoms with Crippen molar-refractivity contribution in [3.05, 3.63) is 29.3 Å². The van der Waals surface area contributed by atoms with Crippen LogP contribution in [0.2, 0.25) is 0 Å². The van der Waals surface area contributed by atoms with Gasteiger partial charge in [0.05, 0.1) is 7.11 Å². The normalized spacial score (nSPS) is 11.3. The van der Waals surface area contributed by atoms with Gasteiger partial charge >= 0.3 is 0 Å². The van der Waals surface area contributed by atoms with Crippen molar-refractivity contribution in [1.82, 2.24) is 10.2 Å². The van der Waals surface area contributed by atoms with Crippen LogP contribution in [0.5, 0.6) is 5.75 Å². The molecule has 0 amide bonds. The molecule has 0 aliphatic heterocycles. The molecule has 0 aliphatic carbocycles. The predicted molar refractivity (Wildman–Crippen MR) is 81.6 cm³/mol. The van der Waals surface area contributed by atoms with E-state index in [-0.39, 0.29) is 0 Å². The molecule has 1 N–H and O–H groups in total. The van der Waals surface area contributed by atoms with E-state index < -0.39 is 0 Å². The van der Waals surface area contributed by atoms with Gasteiger partial charge in [-0.1, -0.05) is 33.8 Å². The van der Waals surface area contributed by atoms with Crippen LogP contribution in [0.3, 0.4) is 0 Å². The molecule has 3 nitrogen and oxygen atoms in total. The van der Waals surface area contributed by atoms with Gasteiger partial charge in [-0.05, 0) is 30.8 Å². The summed E-state index contributed by atoms with van der Waals surface area (Å²) >= 11 is 0. The molecule has 0 unspecified atom stereocenters. The molecule has 0 fully saturated rings. The average Bonchev–Trinajstić information content (AvgIpc) is 2.42. The van der Waals surface area contributed by atoms with E-state index in [9.17, 15) is 0 Å². The van der Waals surface area contributed by atoms with Crippen LogP contribution in [0, 0.1) is 0 Å². The van der Waals surface area contributed by atoms with E-state index in [1.165, 1.54) is 11.1 Å². The molecule has 0 heterocycles. The van der Waals surface area contributed by atoms with Crippen molar-refractivity contribution in [3.63, 3.8) is 0 Å². The lowest BCUT2D eigenvalue weighted by Gasteiger charge is -2.20. The molecule has 1 rings (SSSR count). The zero-order valence-corrected chi connectivity index (χ0v) is 13.0. The topological polar surface area (TPSA) is 24.5 Å². The molecule has 0 radical (unpaired) electrons. The quantitative estimate of drug-likeness (QED) is 0.781. The van der Waals surface area contributed by atoms with E-state index in [0.717, 1.165) is 31.9 Å². The molecule has 0 aliphatic rings. The SMILES string of the molecule is CCN(CC)Cc1cc(CNC(C)C)ccc1OC. The minimum atomic E-state index is 0.508. The Morgan fingerprint density at radius 3 is 2.42 bits per heavy atom. The van der Waals surface area contributed by atoms with Gasteiger partial charge in [-0.2, -0.15) is 0 Å². The standard InChI is InChI=1S/C16H28N2O/c1-6-18(7-2)12-15-10-14(11-17-13(3)4)8-9-16(15)19-5/h8-10,13,17H,6-7,11-12H2,1-5H3. The largest absolute Gasteiger partial charge is 0.496 e. The number of ether oxygens (including phenoxy) is 1. The lowest BCUT2D eigenvalue weighted by molar-refractivity contribution is 0.289. The fraction of sp³-hybridized carbons (Fsp3) is 0.625. The Kier molecular flexibility index (Phi) is 6.89. The summed E-state index contributed by atoms with van der Waals surface area (Å²) in [6.07, 6.45) is 0. The molecule has 108 valence electrons. The third kappa shape index (κ3) is 5.21. The minimum absolute atomic E-state index is 0.508. The summed E-state index contributed by atoms with van der Waals surface area (Å²) in [4.78, 5) is 2.40. The van der Waals surface area contributed by atoms with Gasteiger partial charge in [-0.3, -0.25) is 4.90 Å². The van der Waals surface area contributed by atoms with Crippen LogP contribution in [0.25, 0.3) is 0 Å². The Hall–Kier alpha value is -1.06. The second kappa shape index (κ2) is 8.18. The van der Waals surface area contributed by atoms with E-state index in [2.05, 4.69) is 56.1 Å². The highest BCUT2D eigenvalue weighted by Crippen LogP contribution is 2.21. The first-order chi connectivity index (χ1) is 9.10. The Labute approximate surface area is 118 Å². The van der Waals surface area contributed by atoms with Crippen molar-refractivity contribution in [1.29, 1.82) is 0 Å². The lowest BCUT2D eigenvalue weighted by Crippen LogP contribution is -2.23. The summed E-state index contributed by atoms with van der Waals surface area (Å²) in [5.74, 6) is 0.986. The molecular formula is C16H28N2O. The van der Waals surface area contributed by atoms with Gasteiger partial charge in [0.25, 0.3) is 0 Å². The van der Waals surface area contributed by atoms with E-state index in [1.807, 2.05) is 0 Å². The van der Waals surface area contributed by atoms with E-state index >= 15 is 0 Å². The molecule has 0 spiro atoms. The molecule has 0 atom stereocenters. The van der Waals surface area contributed by atoms with Crippen molar-refractivity contribution in [2.75, 3.05) is 20.2 Å². The van der Waals surface area contributed by atoms with Gasteiger partial charge in [0.2, 0.25) is 0 Å². The van der Waals surface area contributed by atoms with Crippen LogP contribution in [0.1, 0.15) is 38.8 Å². The highest BCUT2D eigenvalue weighted by molar-refractivity contribution is 5.37. The molecule has 1 aromatic carbocycles. The smallest absolute Gasteiger partial charge is 0.123 e. The fourth-order valence-corrected chi connectivity index (χ4v) is 2.08. The van der Waals surface area contributed by atoms with Gasteiger partial charge in [-0.15, -0.1) is 0 Å². The number of hydrogen-bond donors (Lipinski definition) is 1. The Morgan fingerprint density at radius 2 is 1.89 bits per heavy atom. The highest BCUT2D eigenvalue weighted by Gasteiger charge is 2.08. The first kappa shape index (κ1) is 16.0. The number of benzene rings is 1. The number of nitrogens with zero attached hydrogens (tertiary/aromatic N) is 1. The number of hydrogen-bond acceptors (Lipinski definition) is 3. The minimum Gasteiger partial charge on any atom is -0.496 e. The summed E-state index contributed by atoms with van der Waals surface area (Å²) in [7, 11) is 1.74. The molecule has 0 saturated heterocycles. The van der Waals surface area contributed by atoms with Gasteiger partial charge < -0.3 is 10.1 Å². The summed E-state index contributed by atoms with van der Waals surface area (Å²) in [6.45, 7) is 12.7. The molecule has 0 bridgehead atoms. The van der Waals surface area contributed by atoms with Gasteiger partial charge in [0.15, 0.2) is 0 Å². The number of methoxy groups -OCH3 is 1. The first-order valence-electron chi connectivity index (χ1n) is 7.22. The summed E-state index contributed by atoms with van der Waals surface area (Å²) in [6, 6.07) is 6.98. The Balaban J connectivity index is 2.83. The first-order valence-corrected chi connectivity index (χ1v) is 7.22. The van der Waals surface area contributed by atoms with Crippen molar-refractivity contribution >= 4 is 0 Å². The zero-order chi connectivity index (χ0) is 14.3. The highest BCUT2D eigenvalue weighted by atomic mass is 16.5. The summed E-state index contributed by atoms with van der Waals surface area (Å²) < 4.78 is 5.47. The van der Waals surface area contributed by atoms with Gasteiger partial charge in [0, 0.05) is 24.7 Å². The average molecular weight is 264 g/mol. The van der Waals surface area contributed by atoms with E-state index in [1.54, 1.807) is 7.11 Å². The molecule has 0 aromatic heterocycles. The van der Waals surface area contributed by atoms with Crippen LogP contribution in [-0.2, 0) is 13.1 Å². The van der Waals surface area contributed by atoms with Crippen LogP contribution in [-0.4, -0.2) is 31.1 Å². The Morgan fingerprint density at radius 1 is 1.21 bits per heavy atom. The van der Waals surface area contributed by atoms with Crippen molar-refractivity contribution in [3.8, 4) is 5.75 Å². The molecular weight excluding hydrogens is 236 g/mol. The van der Waals surface area contributed by atoms with E-state index in [4.69, 9.17) is 4.74 Å². The fourth-order valence-electron chi connectivity index (χ4n) is 2.08. The van der Waals surface area contributed by atoms with Gasteiger partial charge in [0.1, 0.15) is 5.75 Å². The third-order valence-corrected chi connectivity index (χ3v) is 3.35. The lowest BCUT2D eigenvalue weighted by atomic mass is 10.1. The van der Waals surface area contributed by atoms with Crippen LogP contribution >= 0.6 is 0 Å². The molecule has 19 heavy (non-hydrogen) atoms. The monoisotopic (exact) mass is 264 g/mol. The molecule has 0 saturated carbocycles. The molecule has 3 heteroatoms. The zero-order valence-electron chi connectivity index (χ0n) is 13.0. The van der Waals surface area contributed by atoms with Gasteiger partial charge in [-0.25, -0.2) is 0 Å². The summed E-state index contributed by atoms with van der Waals surface area (Å²) in [5, 5.41) is 3.45. The third-order valence-electron chi connectivity index (χ3n) is 3.35. The molecule has 1 aromatic rings. The maximum Gasteiger partial charge on any atom is 0.123 e. The van der Waals surface area contributed by atoms with Crippen molar-refractivity contribution in [2.24, 2.45) is 0 Å². The maximum absolute atomic E-state index is 5.47. The summed E-state index contributed by atoms with van der Waals surface area (Å²) in [5.41, 5.74) is 2.59. The van der Waals surface area contributed by atoms with Crippen LogP contribution in [0.15, 0.2) is 18.2 Å². The second-order valence-electron chi connectivity index (χ2n) is 5.14. The van der Waals surface area contributed by atoms with E-state index in [0.29, 0.717) is 6.04 Å². The Bertz CT molecular complexity index is 373. The second-order valence-corrected chi connectivity index (χ2v) is 5.14. The number of rotatable bonds is 8. The predicted octanol–water partition coefficient (Wildman–Crippen LogP) is 3.04. The van der Waals surface area contributed by atoms with Crippen LogP contribution in [0.4, 0.5) is 0 Å². The van der Waals surface area contributed by atoms with Crippen LogP contribution < -0.4 is 10.1 Å². The van der Waals surface area contributed by atoms with Crippen molar-refractivity contribution in [2.45, 2.75) is 46.8 Å².